The van der Waals surface area contributed by atoms with Crippen LogP contribution in [-0.2, 0) is 24.3 Å². The number of hydrogen-bond donors (Lipinski definition) is 0. The van der Waals surface area contributed by atoms with Gasteiger partial charge in [0.25, 0.3) is 0 Å². The van der Waals surface area contributed by atoms with Crippen molar-refractivity contribution >= 4 is 22.5 Å². The number of benzene rings is 2. The molecule has 0 atom stereocenters. The summed E-state index contributed by atoms with van der Waals surface area (Å²) in [4.78, 5) is 4.63. The van der Waals surface area contributed by atoms with Crippen molar-refractivity contribution in [1.82, 2.24) is 0 Å². The minimum Gasteiger partial charge on any atom is -0.497 e. The van der Waals surface area contributed by atoms with Crippen molar-refractivity contribution < 1.29 is 27.7 Å². The molecule has 25 heavy (non-hydrogen) atoms. The number of halogens is 1. The van der Waals surface area contributed by atoms with Gasteiger partial charge in [0.1, 0.15) is 11.6 Å². The number of nitrogens with zero attached hydrogens (tertiary/aromatic N) is 1. The third-order valence-electron chi connectivity index (χ3n) is 3.11. The van der Waals surface area contributed by atoms with Gasteiger partial charge in [0.05, 0.1) is 17.8 Å². The zero-order valence-electron chi connectivity index (χ0n) is 15.3. The van der Waals surface area contributed by atoms with Gasteiger partial charge in [0.2, 0.25) is 0 Å². The van der Waals surface area contributed by atoms with Gasteiger partial charge < -0.3 is 4.74 Å². The van der Waals surface area contributed by atoms with Crippen LogP contribution < -0.4 is 4.74 Å². The Morgan fingerprint density at radius 3 is 2.16 bits per heavy atom. The van der Waals surface area contributed by atoms with E-state index in [1.165, 1.54) is 17.7 Å². The van der Waals surface area contributed by atoms with E-state index in [2.05, 4.69) is 24.0 Å². The topological polar surface area (TPSA) is 21.6 Å². The molecule has 0 aliphatic rings. The third kappa shape index (κ3) is 9.15. The predicted molar refractivity (Wildman–Crippen MR) is 104 cm³/mol. The van der Waals surface area contributed by atoms with Gasteiger partial charge in [0.15, 0.2) is 0 Å². The summed E-state index contributed by atoms with van der Waals surface area (Å²) in [7, 11) is 1.67. The fraction of sp³-hybridized carbons (Fsp3) is 0.350. The van der Waals surface area contributed by atoms with E-state index in [-0.39, 0.29) is 24.4 Å². The van der Waals surface area contributed by atoms with Crippen molar-refractivity contribution in [2.75, 3.05) is 7.11 Å². The zero-order chi connectivity index (χ0) is 17.8. The van der Waals surface area contributed by atoms with Crippen LogP contribution >= 0.6 is 11.8 Å². The van der Waals surface area contributed by atoms with E-state index in [9.17, 15) is 4.39 Å². The number of thioether (sulfide) groups is 1. The second-order valence-electron chi connectivity index (χ2n) is 4.87. The quantitative estimate of drug-likeness (QED) is 0.403. The first kappa shape index (κ1) is 23.8. The van der Waals surface area contributed by atoms with Gasteiger partial charge in [0, 0.05) is 24.3 Å². The molecule has 2 nitrogen and oxygen atoms in total. The molecule has 135 valence electrons. The van der Waals surface area contributed by atoms with E-state index in [0.29, 0.717) is 0 Å². The Morgan fingerprint density at radius 2 is 1.64 bits per heavy atom. The summed E-state index contributed by atoms with van der Waals surface area (Å²) in [6, 6.07) is 14.4. The summed E-state index contributed by atoms with van der Waals surface area (Å²) in [6.07, 6.45) is 1.97. The second kappa shape index (κ2) is 14.0. The molecule has 0 spiro atoms. The normalized spacial score (nSPS) is 10.4. The van der Waals surface area contributed by atoms with Crippen LogP contribution in [0, 0.1) is 5.82 Å². The number of hydrogen-bond acceptors (Lipinski definition) is 3. The molecule has 2 aromatic rings. The van der Waals surface area contributed by atoms with Crippen molar-refractivity contribution in [3.8, 4) is 5.75 Å². The summed E-state index contributed by atoms with van der Waals surface area (Å²) < 4.78 is 18.1. The summed E-state index contributed by atoms with van der Waals surface area (Å²) in [5.74, 6) is 1.49. The Bertz CT molecular complexity index is 615. The minimum absolute atomic E-state index is 0. The second-order valence-corrected chi connectivity index (χ2v) is 5.92. The van der Waals surface area contributed by atoms with Gasteiger partial charge in [-0.25, -0.2) is 9.38 Å². The van der Waals surface area contributed by atoms with Crippen LogP contribution in [0.25, 0.3) is 0 Å². The van der Waals surface area contributed by atoms with Gasteiger partial charge in [-0.05, 0) is 48.4 Å². The third-order valence-corrected chi connectivity index (χ3v) is 4.22. The maximum Gasteiger partial charge on any atom is 0.123 e. The molecule has 0 aliphatic heterocycles. The fourth-order valence-corrected chi connectivity index (χ4v) is 2.97. The Balaban J connectivity index is 0.00000185. The molecule has 0 fully saturated rings. The van der Waals surface area contributed by atoms with E-state index < -0.39 is 0 Å². The molecule has 0 aromatic heterocycles. The first-order valence-electron chi connectivity index (χ1n) is 8.30. The van der Waals surface area contributed by atoms with E-state index in [0.717, 1.165) is 35.1 Å². The average Bonchev–Trinajstić information content (AvgIpc) is 2.64. The Hall–Kier alpha value is -1.23. The standard InChI is InChI=1S/C18H20FNOS.C2H6.V/c1-3-4-18(20-16-9-7-15(19)8-10-16)22-13-14-5-11-17(21-2)12-6-14;1-2;/h5-12H,3-4,13H2,1-2H3;1-2H3;. The number of ether oxygens (including phenoxy) is 1. The summed E-state index contributed by atoms with van der Waals surface area (Å²) in [5.41, 5.74) is 2.03. The number of rotatable bonds is 6. The van der Waals surface area contributed by atoms with E-state index in [1.807, 2.05) is 26.0 Å². The number of methoxy groups -OCH3 is 1. The summed E-state index contributed by atoms with van der Waals surface area (Å²) in [5, 5.41) is 1.07. The van der Waals surface area contributed by atoms with E-state index >= 15 is 0 Å². The van der Waals surface area contributed by atoms with Crippen LogP contribution in [0.2, 0.25) is 0 Å². The maximum atomic E-state index is 12.9. The van der Waals surface area contributed by atoms with Crippen molar-refractivity contribution in [2.24, 2.45) is 4.99 Å². The van der Waals surface area contributed by atoms with Gasteiger partial charge >= 0.3 is 0 Å². The van der Waals surface area contributed by atoms with Crippen molar-refractivity contribution in [3.05, 3.63) is 59.9 Å². The largest absolute Gasteiger partial charge is 0.497 e. The summed E-state index contributed by atoms with van der Waals surface area (Å²) >= 11 is 1.73. The van der Waals surface area contributed by atoms with Crippen LogP contribution in [0.4, 0.5) is 10.1 Å². The Labute approximate surface area is 167 Å². The first-order valence-corrected chi connectivity index (χ1v) is 9.28. The average molecular weight is 398 g/mol. The molecule has 0 bridgehead atoms. The summed E-state index contributed by atoms with van der Waals surface area (Å²) in [6.45, 7) is 6.13. The Morgan fingerprint density at radius 1 is 1.04 bits per heavy atom. The molecule has 0 unspecified atom stereocenters. The molecule has 0 heterocycles. The monoisotopic (exact) mass is 398 g/mol. The van der Waals surface area contributed by atoms with Crippen LogP contribution in [0.15, 0.2) is 53.5 Å². The van der Waals surface area contributed by atoms with Crippen molar-refractivity contribution in [3.63, 3.8) is 0 Å². The molecular weight excluding hydrogens is 372 g/mol. The molecule has 0 aliphatic carbocycles. The molecule has 1 radical (unpaired) electrons. The van der Waals surface area contributed by atoms with Gasteiger partial charge in [-0.3, -0.25) is 0 Å². The van der Waals surface area contributed by atoms with Crippen LogP contribution in [0.3, 0.4) is 0 Å². The van der Waals surface area contributed by atoms with Gasteiger partial charge in [-0.2, -0.15) is 0 Å². The molecule has 5 heteroatoms. The van der Waals surface area contributed by atoms with Crippen LogP contribution in [0.5, 0.6) is 5.75 Å². The van der Waals surface area contributed by atoms with Crippen molar-refractivity contribution in [2.45, 2.75) is 39.4 Å². The molecule has 0 saturated heterocycles. The maximum absolute atomic E-state index is 12.9. The predicted octanol–water partition coefficient (Wildman–Crippen LogP) is 6.62. The van der Waals surface area contributed by atoms with Gasteiger partial charge in [-0.15, -0.1) is 11.8 Å². The SMILES string of the molecule is CC.CCCC(=Nc1ccc(F)cc1)SCc1ccc(OC)cc1.[V]. The first-order chi connectivity index (χ1) is 11.7. The molecule has 2 rings (SSSR count). The smallest absolute Gasteiger partial charge is 0.123 e. The van der Waals surface area contributed by atoms with E-state index in [1.54, 1.807) is 31.0 Å². The zero-order valence-corrected chi connectivity index (χ0v) is 17.5. The van der Waals surface area contributed by atoms with E-state index in [4.69, 9.17) is 4.74 Å². The Kier molecular flexibility index (Phi) is 13.3. The molecule has 0 N–H and O–H groups in total. The number of aliphatic imine (C=N–C) groups is 1. The fourth-order valence-electron chi connectivity index (χ4n) is 1.92. The van der Waals surface area contributed by atoms with Crippen LogP contribution in [0.1, 0.15) is 39.2 Å². The van der Waals surface area contributed by atoms with Gasteiger partial charge in [-0.1, -0.05) is 39.3 Å². The molecular formula is C20H26FNOSV. The van der Waals surface area contributed by atoms with Crippen LogP contribution in [-0.4, -0.2) is 12.2 Å². The minimum atomic E-state index is -0.234. The molecule has 0 amide bonds. The van der Waals surface area contributed by atoms with Crippen molar-refractivity contribution in [1.29, 1.82) is 0 Å². The molecule has 2 aromatic carbocycles. The molecule has 0 saturated carbocycles.